The maximum Gasteiger partial charge on any atom is 0.160 e. The molecule has 1 nitrogen and oxygen atoms in total. The van der Waals surface area contributed by atoms with Crippen LogP contribution in [0.15, 0.2) is 18.2 Å². The van der Waals surface area contributed by atoms with E-state index in [0.29, 0.717) is 0 Å². The van der Waals surface area contributed by atoms with Gasteiger partial charge in [0.15, 0.2) is 5.78 Å². The number of hydrogen-bond acceptors (Lipinski definition) is 1. The number of benzene rings is 1. The van der Waals surface area contributed by atoms with Crippen molar-refractivity contribution in [1.82, 2.24) is 0 Å². The number of Topliss-reactive ketones (excluding diaryl/α,β-unsaturated/α-hetero) is 1. The minimum absolute atomic E-state index is 0.0853. The quantitative estimate of drug-likeness (QED) is 0.704. The monoisotopic (exact) mass is 231 g/mol. The van der Waals surface area contributed by atoms with Crippen molar-refractivity contribution in [1.29, 1.82) is 0 Å². The molecule has 93 valence electrons. The van der Waals surface area contributed by atoms with Crippen molar-refractivity contribution in [2.45, 2.75) is 52.4 Å². The SMILES string of the molecule is [CH2]CCCc1c(C(C)=O)cccc1C(C)(C)C. The van der Waals surface area contributed by atoms with E-state index in [2.05, 4.69) is 33.8 Å². The molecule has 0 saturated carbocycles. The van der Waals surface area contributed by atoms with Crippen LogP contribution in [0.5, 0.6) is 0 Å². The van der Waals surface area contributed by atoms with Gasteiger partial charge in [-0.1, -0.05) is 52.3 Å². The van der Waals surface area contributed by atoms with Gasteiger partial charge in [0.05, 0.1) is 0 Å². The van der Waals surface area contributed by atoms with Gasteiger partial charge in [0.25, 0.3) is 0 Å². The summed E-state index contributed by atoms with van der Waals surface area (Å²) >= 11 is 0. The Kier molecular flexibility index (Phi) is 4.50. The number of hydrogen-bond donors (Lipinski definition) is 0. The zero-order valence-corrected chi connectivity index (χ0v) is 11.5. The standard InChI is InChI=1S/C16H23O/c1-6-7-9-14-13(12(2)17)10-8-11-15(14)16(3,4)5/h8,10-11H,1,6-7,9H2,2-5H3. The molecular formula is C16H23O. The third-order valence-electron chi connectivity index (χ3n) is 3.04. The smallest absolute Gasteiger partial charge is 0.160 e. The van der Waals surface area contributed by atoms with Crippen LogP contribution in [0.3, 0.4) is 0 Å². The summed E-state index contributed by atoms with van der Waals surface area (Å²) < 4.78 is 0. The van der Waals surface area contributed by atoms with E-state index >= 15 is 0 Å². The molecule has 0 heterocycles. The lowest BCUT2D eigenvalue weighted by Crippen LogP contribution is -2.16. The summed E-state index contributed by atoms with van der Waals surface area (Å²) in [5.74, 6) is 0.162. The van der Waals surface area contributed by atoms with Gasteiger partial charge in [-0.2, -0.15) is 0 Å². The molecule has 0 bridgehead atoms. The lowest BCUT2D eigenvalue weighted by molar-refractivity contribution is 0.101. The van der Waals surface area contributed by atoms with Crippen molar-refractivity contribution >= 4 is 5.78 Å². The molecule has 0 amide bonds. The minimum Gasteiger partial charge on any atom is -0.295 e. The second kappa shape index (κ2) is 5.48. The fourth-order valence-corrected chi connectivity index (χ4v) is 2.19. The Morgan fingerprint density at radius 1 is 1.29 bits per heavy atom. The average Bonchev–Trinajstić information content (AvgIpc) is 2.24. The molecule has 0 aliphatic rings. The van der Waals surface area contributed by atoms with Gasteiger partial charge in [-0.3, -0.25) is 4.79 Å². The van der Waals surface area contributed by atoms with Crippen LogP contribution in [0.1, 0.15) is 62.0 Å². The van der Waals surface area contributed by atoms with Crippen LogP contribution in [0, 0.1) is 6.92 Å². The topological polar surface area (TPSA) is 17.1 Å². The lowest BCUT2D eigenvalue weighted by atomic mass is 9.80. The van der Waals surface area contributed by atoms with Gasteiger partial charge in [-0.05, 0) is 36.3 Å². The molecule has 0 aliphatic heterocycles. The van der Waals surface area contributed by atoms with E-state index in [-0.39, 0.29) is 11.2 Å². The summed E-state index contributed by atoms with van der Waals surface area (Å²) in [6, 6.07) is 6.08. The molecule has 0 aromatic heterocycles. The van der Waals surface area contributed by atoms with Crippen molar-refractivity contribution in [3.05, 3.63) is 41.8 Å². The molecule has 0 aliphatic carbocycles. The Hall–Kier alpha value is -1.11. The Bertz CT molecular complexity index is 396. The second-order valence-electron chi connectivity index (χ2n) is 5.59. The molecule has 0 N–H and O–H groups in total. The second-order valence-corrected chi connectivity index (χ2v) is 5.59. The number of rotatable bonds is 4. The fourth-order valence-electron chi connectivity index (χ4n) is 2.19. The summed E-state index contributed by atoms with van der Waals surface area (Å²) in [5, 5.41) is 0. The van der Waals surface area contributed by atoms with E-state index < -0.39 is 0 Å². The van der Waals surface area contributed by atoms with E-state index in [9.17, 15) is 4.79 Å². The molecule has 1 aromatic rings. The molecule has 1 radical (unpaired) electrons. The van der Waals surface area contributed by atoms with E-state index in [1.54, 1.807) is 6.92 Å². The van der Waals surface area contributed by atoms with Gasteiger partial charge >= 0.3 is 0 Å². The lowest BCUT2D eigenvalue weighted by Gasteiger charge is -2.24. The molecule has 0 atom stereocenters. The van der Waals surface area contributed by atoms with Gasteiger partial charge in [0.1, 0.15) is 0 Å². The first-order valence-electron chi connectivity index (χ1n) is 6.30. The van der Waals surface area contributed by atoms with E-state index in [4.69, 9.17) is 0 Å². The zero-order valence-electron chi connectivity index (χ0n) is 11.5. The predicted octanol–water partition coefficient (Wildman–Crippen LogP) is 4.34. The first-order chi connectivity index (χ1) is 7.88. The number of carbonyl (C=O) groups is 1. The first kappa shape index (κ1) is 14.0. The van der Waals surface area contributed by atoms with Crippen LogP contribution in [-0.4, -0.2) is 5.78 Å². The molecule has 0 spiro atoms. The van der Waals surface area contributed by atoms with Crippen LogP contribution < -0.4 is 0 Å². The largest absolute Gasteiger partial charge is 0.295 e. The Morgan fingerprint density at radius 2 is 1.94 bits per heavy atom. The number of carbonyl (C=O) groups excluding carboxylic acids is 1. The predicted molar refractivity (Wildman–Crippen MR) is 73.4 cm³/mol. The highest BCUT2D eigenvalue weighted by molar-refractivity contribution is 5.96. The van der Waals surface area contributed by atoms with E-state index in [0.717, 1.165) is 24.8 Å². The van der Waals surface area contributed by atoms with Gasteiger partial charge in [-0.25, -0.2) is 0 Å². The van der Waals surface area contributed by atoms with Gasteiger partial charge in [0, 0.05) is 5.56 Å². The van der Waals surface area contributed by atoms with Gasteiger partial charge < -0.3 is 0 Å². The molecular weight excluding hydrogens is 208 g/mol. The van der Waals surface area contributed by atoms with Gasteiger partial charge in [-0.15, -0.1) is 0 Å². The normalized spacial score (nSPS) is 11.6. The number of unbranched alkanes of at least 4 members (excludes halogenated alkanes) is 1. The van der Waals surface area contributed by atoms with Crippen LogP contribution in [-0.2, 0) is 11.8 Å². The first-order valence-corrected chi connectivity index (χ1v) is 6.30. The highest BCUT2D eigenvalue weighted by Crippen LogP contribution is 2.29. The van der Waals surface area contributed by atoms with E-state index in [1.807, 2.05) is 12.1 Å². The molecule has 0 unspecified atom stereocenters. The minimum atomic E-state index is 0.0853. The van der Waals surface area contributed by atoms with Crippen LogP contribution in [0.4, 0.5) is 0 Å². The van der Waals surface area contributed by atoms with Crippen LogP contribution in [0.25, 0.3) is 0 Å². The Morgan fingerprint density at radius 3 is 2.41 bits per heavy atom. The van der Waals surface area contributed by atoms with E-state index in [1.165, 1.54) is 11.1 Å². The number of ketones is 1. The highest BCUT2D eigenvalue weighted by Gasteiger charge is 2.20. The maximum atomic E-state index is 11.7. The zero-order chi connectivity index (χ0) is 13.1. The molecule has 1 rings (SSSR count). The average molecular weight is 231 g/mol. The molecule has 1 aromatic carbocycles. The summed E-state index contributed by atoms with van der Waals surface area (Å²) in [4.78, 5) is 11.7. The summed E-state index contributed by atoms with van der Waals surface area (Å²) in [7, 11) is 0. The Balaban J connectivity index is 3.29. The Labute approximate surface area is 105 Å². The third kappa shape index (κ3) is 3.42. The fraction of sp³-hybridized carbons (Fsp3) is 0.500. The van der Waals surface area contributed by atoms with Crippen molar-refractivity contribution in [2.75, 3.05) is 0 Å². The maximum absolute atomic E-state index is 11.7. The van der Waals surface area contributed by atoms with Crippen molar-refractivity contribution in [3.63, 3.8) is 0 Å². The highest BCUT2D eigenvalue weighted by atomic mass is 16.1. The van der Waals surface area contributed by atoms with Crippen molar-refractivity contribution in [2.24, 2.45) is 0 Å². The molecule has 0 saturated heterocycles. The summed E-state index contributed by atoms with van der Waals surface area (Å²) in [6.07, 6.45) is 2.90. The molecule has 1 heteroatoms. The third-order valence-corrected chi connectivity index (χ3v) is 3.04. The summed E-state index contributed by atoms with van der Waals surface area (Å²) in [5.41, 5.74) is 3.47. The van der Waals surface area contributed by atoms with Crippen molar-refractivity contribution < 1.29 is 4.79 Å². The summed E-state index contributed by atoms with van der Waals surface area (Å²) in [6.45, 7) is 12.1. The molecule has 17 heavy (non-hydrogen) atoms. The van der Waals surface area contributed by atoms with Crippen molar-refractivity contribution in [3.8, 4) is 0 Å². The molecule has 0 fully saturated rings. The van der Waals surface area contributed by atoms with Crippen LogP contribution >= 0.6 is 0 Å². The van der Waals surface area contributed by atoms with Crippen LogP contribution in [0.2, 0.25) is 0 Å². The van der Waals surface area contributed by atoms with Gasteiger partial charge in [0.2, 0.25) is 0 Å².